The predicted octanol–water partition coefficient (Wildman–Crippen LogP) is 1.24. The second-order valence-corrected chi connectivity index (χ2v) is 4.12. The molecule has 1 unspecified atom stereocenters. The summed E-state index contributed by atoms with van der Waals surface area (Å²) in [5.74, 6) is -0.0228. The fraction of sp³-hybridized carbons (Fsp3) is 0.500. The van der Waals surface area contributed by atoms with Gasteiger partial charge in [0.05, 0.1) is 27.9 Å². The Labute approximate surface area is 123 Å². The van der Waals surface area contributed by atoms with Crippen LogP contribution in [0.15, 0.2) is 12.1 Å². The minimum Gasteiger partial charge on any atom is -0.496 e. The third-order valence-corrected chi connectivity index (χ3v) is 2.83. The van der Waals surface area contributed by atoms with Crippen LogP contribution in [0.3, 0.4) is 0 Å². The molecule has 21 heavy (non-hydrogen) atoms. The van der Waals surface area contributed by atoms with Gasteiger partial charge in [-0.15, -0.1) is 0 Å². The van der Waals surface area contributed by atoms with E-state index in [1.165, 1.54) is 27.4 Å². The van der Waals surface area contributed by atoms with Gasteiger partial charge in [0, 0.05) is 18.2 Å². The molecule has 0 bridgehead atoms. The first-order valence-electron chi connectivity index (χ1n) is 6.34. The summed E-state index contributed by atoms with van der Waals surface area (Å²) in [5, 5.41) is 18.1. The Morgan fingerprint density at radius 3 is 2.14 bits per heavy atom. The zero-order valence-electron chi connectivity index (χ0n) is 12.3. The molecule has 0 amide bonds. The molecule has 1 aromatic rings. The van der Waals surface area contributed by atoms with E-state index in [1.54, 1.807) is 6.07 Å². The van der Waals surface area contributed by atoms with Crippen molar-refractivity contribution in [1.82, 2.24) is 0 Å². The summed E-state index contributed by atoms with van der Waals surface area (Å²) in [7, 11) is 4.36. The summed E-state index contributed by atoms with van der Waals surface area (Å²) < 4.78 is 20.8. The number of aliphatic hydroxyl groups is 1. The van der Waals surface area contributed by atoms with Crippen LogP contribution in [-0.2, 0) is 9.53 Å². The Morgan fingerprint density at radius 2 is 1.67 bits per heavy atom. The second kappa shape index (κ2) is 8.33. The van der Waals surface area contributed by atoms with E-state index >= 15 is 0 Å². The monoisotopic (exact) mass is 300 g/mol. The van der Waals surface area contributed by atoms with E-state index in [2.05, 4.69) is 0 Å². The Kier molecular flexibility index (Phi) is 6.77. The van der Waals surface area contributed by atoms with Gasteiger partial charge in [0.15, 0.2) is 17.6 Å². The molecule has 0 radical (unpaired) electrons. The number of aliphatic hydroxyl groups excluding tert-OH is 1. The summed E-state index contributed by atoms with van der Waals surface area (Å²) in [4.78, 5) is 11.4. The maximum absolute atomic E-state index is 11.4. The summed E-state index contributed by atoms with van der Waals surface area (Å²) in [6.07, 6.45) is -0.870. The van der Waals surface area contributed by atoms with Crippen molar-refractivity contribution in [2.45, 2.75) is 12.5 Å². The SMILES string of the molecule is COc1cc(OC)c(C(OCCCO)C(=O)O)cc1OC. The average molecular weight is 300 g/mol. The van der Waals surface area contributed by atoms with Gasteiger partial charge in [-0.3, -0.25) is 0 Å². The number of rotatable bonds is 9. The third-order valence-electron chi connectivity index (χ3n) is 2.83. The lowest BCUT2D eigenvalue weighted by atomic mass is 10.1. The fourth-order valence-corrected chi connectivity index (χ4v) is 1.82. The Hall–Kier alpha value is -1.99. The topological polar surface area (TPSA) is 94.5 Å². The Bertz CT molecular complexity index is 473. The molecule has 0 fully saturated rings. The minimum absolute atomic E-state index is 0.0740. The molecule has 0 saturated carbocycles. The largest absolute Gasteiger partial charge is 0.496 e. The van der Waals surface area contributed by atoms with Gasteiger partial charge < -0.3 is 29.2 Å². The Balaban J connectivity index is 3.19. The molecular formula is C14H20O7. The van der Waals surface area contributed by atoms with E-state index in [9.17, 15) is 9.90 Å². The van der Waals surface area contributed by atoms with Crippen LogP contribution in [0.2, 0.25) is 0 Å². The zero-order chi connectivity index (χ0) is 15.8. The molecule has 0 saturated heterocycles. The van der Waals surface area contributed by atoms with Crippen LogP contribution in [-0.4, -0.2) is 50.7 Å². The van der Waals surface area contributed by atoms with Gasteiger partial charge >= 0.3 is 5.97 Å². The van der Waals surface area contributed by atoms with Crippen LogP contribution < -0.4 is 14.2 Å². The molecule has 0 aliphatic rings. The number of hydrogen-bond donors (Lipinski definition) is 2. The molecular weight excluding hydrogens is 280 g/mol. The molecule has 1 aromatic carbocycles. The lowest BCUT2D eigenvalue weighted by Gasteiger charge is -2.19. The number of carboxylic acids is 1. The number of ether oxygens (including phenoxy) is 4. The Morgan fingerprint density at radius 1 is 1.10 bits per heavy atom. The van der Waals surface area contributed by atoms with Gasteiger partial charge in [-0.05, 0) is 12.5 Å². The highest BCUT2D eigenvalue weighted by Gasteiger charge is 2.26. The summed E-state index contributed by atoms with van der Waals surface area (Å²) in [5.41, 5.74) is 0.320. The highest BCUT2D eigenvalue weighted by atomic mass is 16.5. The first-order valence-corrected chi connectivity index (χ1v) is 6.34. The molecule has 1 atom stereocenters. The van der Waals surface area contributed by atoms with Crippen LogP contribution in [0.1, 0.15) is 18.1 Å². The normalized spacial score (nSPS) is 11.8. The van der Waals surface area contributed by atoms with Crippen molar-refractivity contribution in [3.05, 3.63) is 17.7 Å². The highest BCUT2D eigenvalue weighted by Crippen LogP contribution is 2.38. The molecule has 0 aromatic heterocycles. The van der Waals surface area contributed by atoms with E-state index < -0.39 is 12.1 Å². The number of aliphatic carboxylic acids is 1. The van der Waals surface area contributed by atoms with Crippen molar-refractivity contribution < 1.29 is 34.0 Å². The van der Waals surface area contributed by atoms with Crippen LogP contribution in [0.25, 0.3) is 0 Å². The molecule has 0 aliphatic heterocycles. The predicted molar refractivity (Wildman–Crippen MR) is 74.1 cm³/mol. The molecule has 0 spiro atoms. The summed E-state index contributed by atoms with van der Waals surface area (Å²) in [6, 6.07) is 3.05. The summed E-state index contributed by atoms with van der Waals surface area (Å²) in [6.45, 7) is 0.0420. The van der Waals surface area contributed by atoms with Crippen molar-refractivity contribution in [3.63, 3.8) is 0 Å². The van der Waals surface area contributed by atoms with Gasteiger partial charge in [-0.1, -0.05) is 0 Å². The first-order chi connectivity index (χ1) is 10.1. The molecule has 7 nitrogen and oxygen atoms in total. The fourth-order valence-electron chi connectivity index (χ4n) is 1.82. The van der Waals surface area contributed by atoms with E-state index in [0.717, 1.165) is 0 Å². The van der Waals surface area contributed by atoms with Crippen molar-refractivity contribution >= 4 is 5.97 Å². The summed E-state index contributed by atoms with van der Waals surface area (Å²) >= 11 is 0. The zero-order valence-corrected chi connectivity index (χ0v) is 12.3. The van der Waals surface area contributed by atoms with E-state index in [4.69, 9.17) is 24.1 Å². The van der Waals surface area contributed by atoms with Crippen LogP contribution in [0.4, 0.5) is 0 Å². The molecule has 2 N–H and O–H groups in total. The molecule has 118 valence electrons. The van der Waals surface area contributed by atoms with Crippen molar-refractivity contribution in [2.24, 2.45) is 0 Å². The van der Waals surface area contributed by atoms with Gasteiger partial charge in [0.2, 0.25) is 0 Å². The number of carbonyl (C=O) groups is 1. The second-order valence-electron chi connectivity index (χ2n) is 4.12. The highest BCUT2D eigenvalue weighted by molar-refractivity contribution is 5.76. The first kappa shape index (κ1) is 17.1. The molecule has 0 heterocycles. The van der Waals surface area contributed by atoms with Crippen LogP contribution in [0.5, 0.6) is 17.2 Å². The smallest absolute Gasteiger partial charge is 0.337 e. The maximum atomic E-state index is 11.4. The van der Waals surface area contributed by atoms with Gasteiger partial charge in [0.25, 0.3) is 0 Å². The number of methoxy groups -OCH3 is 3. The third kappa shape index (κ3) is 4.24. The molecule has 1 rings (SSSR count). The van der Waals surface area contributed by atoms with Crippen LogP contribution in [0, 0.1) is 0 Å². The molecule has 0 aliphatic carbocycles. The standard InChI is InChI=1S/C14H20O7/c1-18-10-8-12(20-3)11(19-2)7-9(10)13(14(16)17)21-6-4-5-15/h7-8,13,15H,4-6H2,1-3H3,(H,16,17). The quantitative estimate of drug-likeness (QED) is 0.662. The van der Waals surface area contributed by atoms with Crippen molar-refractivity contribution in [1.29, 1.82) is 0 Å². The van der Waals surface area contributed by atoms with E-state index in [-0.39, 0.29) is 13.2 Å². The van der Waals surface area contributed by atoms with Crippen LogP contribution >= 0.6 is 0 Å². The van der Waals surface area contributed by atoms with Crippen molar-refractivity contribution in [3.8, 4) is 17.2 Å². The number of benzene rings is 1. The van der Waals surface area contributed by atoms with E-state index in [0.29, 0.717) is 29.2 Å². The van der Waals surface area contributed by atoms with E-state index in [1.807, 2.05) is 0 Å². The van der Waals surface area contributed by atoms with Crippen molar-refractivity contribution in [2.75, 3.05) is 34.5 Å². The van der Waals surface area contributed by atoms with Gasteiger partial charge in [-0.25, -0.2) is 4.79 Å². The number of hydrogen-bond acceptors (Lipinski definition) is 6. The molecule has 7 heteroatoms. The average Bonchev–Trinajstić information content (AvgIpc) is 2.50. The minimum atomic E-state index is -1.22. The van der Waals surface area contributed by atoms with Gasteiger partial charge in [-0.2, -0.15) is 0 Å². The maximum Gasteiger partial charge on any atom is 0.337 e. The van der Waals surface area contributed by atoms with Gasteiger partial charge in [0.1, 0.15) is 5.75 Å². The number of carboxylic acid groups (broad SMARTS) is 1. The lowest BCUT2D eigenvalue weighted by molar-refractivity contribution is -0.151. The lowest BCUT2D eigenvalue weighted by Crippen LogP contribution is -2.17.